The Balaban J connectivity index is 1.82. The Labute approximate surface area is 158 Å². The lowest BCUT2D eigenvalue weighted by Gasteiger charge is -2.15. The average molecular weight is 381 g/mol. The molecule has 0 saturated carbocycles. The fraction of sp³-hybridized carbons (Fsp3) is 0.444. The average Bonchev–Trinajstić information content (AvgIpc) is 3.00. The van der Waals surface area contributed by atoms with Crippen LogP contribution in [0.4, 0.5) is 0 Å². The first-order chi connectivity index (χ1) is 12.1. The van der Waals surface area contributed by atoms with Gasteiger partial charge in [0.25, 0.3) is 0 Å². The van der Waals surface area contributed by atoms with Gasteiger partial charge in [0.2, 0.25) is 0 Å². The zero-order valence-corrected chi connectivity index (χ0v) is 16.5. The fourth-order valence-corrected chi connectivity index (χ4v) is 3.13. The van der Waals surface area contributed by atoms with E-state index in [1.54, 1.807) is 11.3 Å². The topological polar surface area (TPSA) is 58.5 Å². The van der Waals surface area contributed by atoms with Crippen LogP contribution >= 0.6 is 22.9 Å². The van der Waals surface area contributed by atoms with E-state index >= 15 is 0 Å². The van der Waals surface area contributed by atoms with Crippen molar-refractivity contribution >= 4 is 28.9 Å². The van der Waals surface area contributed by atoms with E-state index in [0.29, 0.717) is 17.3 Å². The van der Waals surface area contributed by atoms with Gasteiger partial charge in [-0.3, -0.25) is 0 Å². The predicted molar refractivity (Wildman–Crippen MR) is 106 cm³/mol. The molecule has 0 aliphatic carbocycles. The molecule has 0 fully saturated rings. The van der Waals surface area contributed by atoms with Crippen molar-refractivity contribution in [1.29, 1.82) is 0 Å². The number of guanidine groups is 1. The molecule has 0 saturated heterocycles. The Morgan fingerprint density at radius 2 is 2.16 bits per heavy atom. The van der Waals surface area contributed by atoms with Gasteiger partial charge in [0, 0.05) is 30.6 Å². The molecule has 2 aromatic rings. The van der Waals surface area contributed by atoms with Gasteiger partial charge in [-0.05, 0) is 32.9 Å². The summed E-state index contributed by atoms with van der Waals surface area (Å²) < 4.78 is 5.85. The third kappa shape index (κ3) is 6.92. The summed E-state index contributed by atoms with van der Waals surface area (Å²) in [6.45, 7) is 8.23. The van der Waals surface area contributed by atoms with E-state index in [1.165, 1.54) is 4.88 Å². The van der Waals surface area contributed by atoms with Gasteiger partial charge < -0.3 is 15.4 Å². The molecule has 1 aromatic carbocycles. The maximum Gasteiger partial charge on any atom is 0.191 e. The number of aryl methyl sites for hydroxylation is 1. The summed E-state index contributed by atoms with van der Waals surface area (Å²) in [5, 5.41) is 8.33. The van der Waals surface area contributed by atoms with Gasteiger partial charge >= 0.3 is 0 Å². The lowest BCUT2D eigenvalue weighted by molar-refractivity contribution is 0.230. The van der Waals surface area contributed by atoms with Crippen LogP contribution in [0.3, 0.4) is 0 Å². The molecule has 0 radical (unpaired) electrons. The number of nitrogens with zero attached hydrogens (tertiary/aromatic N) is 2. The highest BCUT2D eigenvalue weighted by Crippen LogP contribution is 2.24. The molecule has 0 aliphatic rings. The fourth-order valence-electron chi connectivity index (χ4n) is 2.16. The summed E-state index contributed by atoms with van der Waals surface area (Å²) in [5.41, 5.74) is 0. The van der Waals surface area contributed by atoms with Crippen molar-refractivity contribution in [2.24, 2.45) is 4.99 Å². The highest BCUT2D eigenvalue weighted by atomic mass is 35.5. The molecule has 2 N–H and O–H groups in total. The second-order valence-electron chi connectivity index (χ2n) is 5.62. The first-order valence-corrected chi connectivity index (χ1v) is 9.62. The van der Waals surface area contributed by atoms with E-state index in [0.717, 1.165) is 30.5 Å². The van der Waals surface area contributed by atoms with Gasteiger partial charge in [0.15, 0.2) is 5.96 Å². The van der Waals surface area contributed by atoms with Crippen LogP contribution in [0, 0.1) is 6.92 Å². The molecule has 136 valence electrons. The molecule has 0 amide bonds. The number of thiazole rings is 1. The lowest BCUT2D eigenvalue weighted by atomic mass is 10.3. The molecule has 25 heavy (non-hydrogen) atoms. The van der Waals surface area contributed by atoms with Crippen molar-refractivity contribution in [3.05, 3.63) is 45.4 Å². The summed E-state index contributed by atoms with van der Waals surface area (Å²) in [5.74, 6) is 1.47. The SMILES string of the molecule is CCNC(=NCC(C)Oc1ccccc1Cl)NCCc1ncc(C)s1. The van der Waals surface area contributed by atoms with E-state index in [-0.39, 0.29) is 6.10 Å². The minimum absolute atomic E-state index is 0.0723. The second-order valence-corrected chi connectivity index (χ2v) is 7.35. The highest BCUT2D eigenvalue weighted by molar-refractivity contribution is 7.11. The molecular formula is C18H25ClN4OS. The Hall–Kier alpha value is -1.79. The number of para-hydroxylation sites is 1. The summed E-state index contributed by atoms with van der Waals surface area (Å²) in [7, 11) is 0. The Morgan fingerprint density at radius 1 is 1.36 bits per heavy atom. The smallest absolute Gasteiger partial charge is 0.191 e. The Morgan fingerprint density at radius 3 is 2.84 bits per heavy atom. The van der Waals surface area contributed by atoms with E-state index in [4.69, 9.17) is 16.3 Å². The number of hydrogen-bond acceptors (Lipinski definition) is 4. The largest absolute Gasteiger partial charge is 0.487 e. The number of nitrogens with one attached hydrogen (secondary N) is 2. The van der Waals surface area contributed by atoms with E-state index in [1.807, 2.05) is 44.3 Å². The number of aromatic nitrogens is 1. The van der Waals surface area contributed by atoms with E-state index in [2.05, 4.69) is 27.5 Å². The van der Waals surface area contributed by atoms with Gasteiger partial charge in [-0.2, -0.15) is 0 Å². The van der Waals surface area contributed by atoms with E-state index in [9.17, 15) is 0 Å². The lowest BCUT2D eigenvalue weighted by Crippen LogP contribution is -2.39. The molecule has 1 unspecified atom stereocenters. The zero-order valence-electron chi connectivity index (χ0n) is 14.9. The van der Waals surface area contributed by atoms with Crippen LogP contribution in [-0.4, -0.2) is 36.7 Å². The molecule has 5 nitrogen and oxygen atoms in total. The van der Waals surface area contributed by atoms with Gasteiger partial charge in [0.1, 0.15) is 11.9 Å². The third-order valence-corrected chi connectivity index (χ3v) is 4.60. The number of aliphatic imine (C=N–C) groups is 1. The summed E-state index contributed by atoms with van der Waals surface area (Å²) >= 11 is 7.85. The van der Waals surface area contributed by atoms with Crippen molar-refractivity contribution in [1.82, 2.24) is 15.6 Å². The third-order valence-electron chi connectivity index (χ3n) is 3.32. The molecule has 7 heteroatoms. The molecule has 0 bridgehead atoms. The van der Waals surface area contributed by atoms with Crippen LogP contribution in [0.1, 0.15) is 23.7 Å². The van der Waals surface area contributed by atoms with Crippen molar-refractivity contribution in [3.8, 4) is 5.75 Å². The van der Waals surface area contributed by atoms with Crippen LogP contribution in [0.15, 0.2) is 35.5 Å². The Kier molecular flexibility index (Phi) is 8.01. The molecule has 1 aromatic heterocycles. The minimum atomic E-state index is -0.0723. The van der Waals surface area contributed by atoms with Gasteiger partial charge in [0.05, 0.1) is 16.6 Å². The van der Waals surface area contributed by atoms with Crippen LogP contribution in [0.2, 0.25) is 5.02 Å². The maximum atomic E-state index is 6.12. The van der Waals surface area contributed by atoms with Crippen LogP contribution in [-0.2, 0) is 6.42 Å². The summed E-state index contributed by atoms with van der Waals surface area (Å²) in [4.78, 5) is 10.2. The molecular weight excluding hydrogens is 356 g/mol. The van der Waals surface area contributed by atoms with Crippen LogP contribution < -0.4 is 15.4 Å². The van der Waals surface area contributed by atoms with E-state index < -0.39 is 0 Å². The number of ether oxygens (including phenoxy) is 1. The van der Waals surface area contributed by atoms with Crippen molar-refractivity contribution in [3.63, 3.8) is 0 Å². The van der Waals surface area contributed by atoms with Gasteiger partial charge in [-0.25, -0.2) is 9.98 Å². The van der Waals surface area contributed by atoms with Gasteiger partial charge in [-0.1, -0.05) is 23.7 Å². The first kappa shape index (κ1) is 19.5. The van der Waals surface area contributed by atoms with Gasteiger partial charge in [-0.15, -0.1) is 11.3 Å². The summed E-state index contributed by atoms with van der Waals surface area (Å²) in [6.07, 6.45) is 2.72. The standard InChI is InChI=1S/C18H25ClN4OS/c1-4-20-18(21-10-9-17-22-12-14(3)25-17)23-11-13(2)24-16-8-6-5-7-15(16)19/h5-8,12-13H,4,9-11H2,1-3H3,(H2,20,21,23). The molecule has 1 atom stereocenters. The normalized spacial score (nSPS) is 12.7. The van der Waals surface area contributed by atoms with Crippen LogP contribution in [0.5, 0.6) is 5.75 Å². The number of rotatable bonds is 8. The predicted octanol–water partition coefficient (Wildman–Crippen LogP) is 3.67. The number of benzene rings is 1. The zero-order chi connectivity index (χ0) is 18.1. The molecule has 2 rings (SSSR count). The quantitative estimate of drug-likeness (QED) is 0.542. The van der Waals surface area contributed by atoms with Crippen molar-refractivity contribution in [2.75, 3.05) is 19.6 Å². The highest BCUT2D eigenvalue weighted by Gasteiger charge is 2.07. The second kappa shape index (κ2) is 10.3. The molecule has 0 spiro atoms. The first-order valence-electron chi connectivity index (χ1n) is 8.43. The van der Waals surface area contributed by atoms with Crippen LogP contribution in [0.25, 0.3) is 0 Å². The Bertz CT molecular complexity index is 689. The molecule has 1 heterocycles. The van der Waals surface area contributed by atoms with Crippen molar-refractivity contribution < 1.29 is 4.74 Å². The number of hydrogen-bond donors (Lipinski definition) is 2. The number of halogens is 1. The van der Waals surface area contributed by atoms with Crippen molar-refractivity contribution in [2.45, 2.75) is 33.3 Å². The molecule has 0 aliphatic heterocycles. The monoisotopic (exact) mass is 380 g/mol. The summed E-state index contributed by atoms with van der Waals surface area (Å²) in [6, 6.07) is 7.47. The minimum Gasteiger partial charge on any atom is -0.487 e. The maximum absolute atomic E-state index is 6.12.